The van der Waals surface area contributed by atoms with Crippen molar-refractivity contribution < 1.29 is 10.2 Å². The Kier molecular flexibility index (Phi) is 11.8. The molecule has 0 aromatic rings. The maximum atomic E-state index is 7.00. The Morgan fingerprint density at radius 3 is 1.77 bits per heavy atom. The van der Waals surface area contributed by atoms with Crippen LogP contribution in [0, 0.1) is 5.92 Å². The third-order valence-electron chi connectivity index (χ3n) is 2.19. The SMILES string of the molecule is CC1CCN(C(C)C)C1.CO.CO. The predicted molar refractivity (Wildman–Crippen MR) is 56.8 cm³/mol. The molecule has 1 atom stereocenters. The number of rotatable bonds is 1. The molecule has 1 aliphatic rings. The summed E-state index contributed by atoms with van der Waals surface area (Å²) in [5, 5.41) is 14.0. The van der Waals surface area contributed by atoms with Gasteiger partial charge in [-0.15, -0.1) is 0 Å². The first-order valence-electron chi connectivity index (χ1n) is 4.83. The van der Waals surface area contributed by atoms with Crippen LogP contribution < -0.4 is 0 Å². The number of hydrogen-bond acceptors (Lipinski definition) is 3. The fourth-order valence-electron chi connectivity index (χ4n) is 1.44. The molecule has 1 fully saturated rings. The highest BCUT2D eigenvalue weighted by molar-refractivity contribution is 4.74. The zero-order chi connectivity index (χ0) is 10.9. The molecule has 2 N–H and O–H groups in total. The van der Waals surface area contributed by atoms with Crippen molar-refractivity contribution >= 4 is 0 Å². The van der Waals surface area contributed by atoms with Gasteiger partial charge in [0, 0.05) is 26.8 Å². The molecule has 13 heavy (non-hydrogen) atoms. The van der Waals surface area contributed by atoms with Gasteiger partial charge in [-0.2, -0.15) is 0 Å². The number of nitrogens with zero attached hydrogens (tertiary/aromatic N) is 1. The summed E-state index contributed by atoms with van der Waals surface area (Å²) in [6.07, 6.45) is 1.40. The molecule has 1 rings (SSSR count). The molecule has 1 heterocycles. The van der Waals surface area contributed by atoms with Gasteiger partial charge in [0.15, 0.2) is 0 Å². The average Bonchev–Trinajstić information content (AvgIpc) is 2.59. The lowest BCUT2D eigenvalue weighted by molar-refractivity contribution is 0.267. The van der Waals surface area contributed by atoms with E-state index in [0.717, 1.165) is 26.2 Å². The van der Waals surface area contributed by atoms with E-state index in [2.05, 4.69) is 25.7 Å². The van der Waals surface area contributed by atoms with Crippen molar-refractivity contribution in [3.63, 3.8) is 0 Å². The van der Waals surface area contributed by atoms with Crippen LogP contribution >= 0.6 is 0 Å². The summed E-state index contributed by atoms with van der Waals surface area (Å²) in [6.45, 7) is 9.52. The second-order valence-electron chi connectivity index (χ2n) is 3.48. The zero-order valence-electron chi connectivity index (χ0n) is 9.62. The second-order valence-corrected chi connectivity index (χ2v) is 3.48. The highest BCUT2D eigenvalue weighted by Gasteiger charge is 2.19. The van der Waals surface area contributed by atoms with Gasteiger partial charge in [0.25, 0.3) is 0 Å². The smallest absolute Gasteiger partial charge is 0.0319 e. The Morgan fingerprint density at radius 2 is 1.62 bits per heavy atom. The van der Waals surface area contributed by atoms with Gasteiger partial charge in [-0.25, -0.2) is 0 Å². The Hall–Kier alpha value is -0.120. The van der Waals surface area contributed by atoms with E-state index in [1.54, 1.807) is 0 Å². The lowest BCUT2D eigenvalue weighted by Gasteiger charge is -2.19. The fraction of sp³-hybridized carbons (Fsp3) is 1.00. The maximum absolute atomic E-state index is 7.00. The average molecular weight is 191 g/mol. The van der Waals surface area contributed by atoms with E-state index >= 15 is 0 Å². The molecule has 0 bridgehead atoms. The monoisotopic (exact) mass is 191 g/mol. The molecule has 0 aromatic carbocycles. The molecule has 3 heteroatoms. The molecular formula is C10H25NO2. The normalized spacial score (nSPS) is 21.7. The zero-order valence-corrected chi connectivity index (χ0v) is 9.62. The molecular weight excluding hydrogens is 166 g/mol. The summed E-state index contributed by atoms with van der Waals surface area (Å²) < 4.78 is 0. The summed E-state index contributed by atoms with van der Waals surface area (Å²) in [4.78, 5) is 2.55. The number of aliphatic hydroxyl groups excluding tert-OH is 2. The summed E-state index contributed by atoms with van der Waals surface area (Å²) in [6, 6.07) is 0.759. The molecule has 0 radical (unpaired) electrons. The molecule has 0 amide bonds. The molecule has 0 spiro atoms. The van der Waals surface area contributed by atoms with Crippen LogP contribution in [0.25, 0.3) is 0 Å². The standard InChI is InChI=1S/C8H17N.2CH4O/c1-7(2)9-5-4-8(3)6-9;2*1-2/h7-8H,4-6H2,1-3H3;2*2H,1H3. The van der Waals surface area contributed by atoms with E-state index in [1.165, 1.54) is 19.5 Å². The van der Waals surface area contributed by atoms with Crippen molar-refractivity contribution in [1.82, 2.24) is 4.90 Å². The van der Waals surface area contributed by atoms with E-state index in [1.807, 2.05) is 0 Å². The van der Waals surface area contributed by atoms with E-state index in [9.17, 15) is 0 Å². The molecule has 0 aromatic heterocycles. The summed E-state index contributed by atoms with van der Waals surface area (Å²) in [5.74, 6) is 0.937. The first-order chi connectivity index (χ1) is 6.20. The Labute approximate surface area is 82.4 Å². The van der Waals surface area contributed by atoms with Crippen molar-refractivity contribution in [3.8, 4) is 0 Å². The van der Waals surface area contributed by atoms with Crippen LogP contribution in [-0.2, 0) is 0 Å². The molecule has 1 saturated heterocycles. The van der Waals surface area contributed by atoms with Gasteiger partial charge in [-0.1, -0.05) is 6.92 Å². The van der Waals surface area contributed by atoms with Gasteiger partial charge < -0.3 is 15.1 Å². The molecule has 3 nitrogen and oxygen atoms in total. The minimum atomic E-state index is 0.759. The molecule has 1 aliphatic heterocycles. The summed E-state index contributed by atoms with van der Waals surface area (Å²) in [7, 11) is 2.00. The summed E-state index contributed by atoms with van der Waals surface area (Å²) in [5.41, 5.74) is 0. The lowest BCUT2D eigenvalue weighted by atomic mass is 10.2. The highest BCUT2D eigenvalue weighted by Crippen LogP contribution is 2.16. The van der Waals surface area contributed by atoms with Gasteiger partial charge >= 0.3 is 0 Å². The van der Waals surface area contributed by atoms with Gasteiger partial charge in [-0.3, -0.25) is 0 Å². The van der Waals surface area contributed by atoms with Crippen LogP contribution in [0.4, 0.5) is 0 Å². The lowest BCUT2D eigenvalue weighted by Crippen LogP contribution is -2.27. The molecule has 0 saturated carbocycles. The van der Waals surface area contributed by atoms with E-state index < -0.39 is 0 Å². The number of hydrogen-bond donors (Lipinski definition) is 2. The van der Waals surface area contributed by atoms with Crippen LogP contribution in [0.15, 0.2) is 0 Å². The second kappa shape index (κ2) is 9.96. The topological polar surface area (TPSA) is 43.7 Å². The fourth-order valence-corrected chi connectivity index (χ4v) is 1.44. The third-order valence-corrected chi connectivity index (χ3v) is 2.19. The van der Waals surface area contributed by atoms with Gasteiger partial charge in [0.2, 0.25) is 0 Å². The molecule has 0 aliphatic carbocycles. The minimum Gasteiger partial charge on any atom is -0.400 e. The van der Waals surface area contributed by atoms with E-state index in [-0.39, 0.29) is 0 Å². The first kappa shape index (κ1) is 15.4. The molecule has 82 valence electrons. The maximum Gasteiger partial charge on any atom is 0.0319 e. The number of aliphatic hydroxyl groups is 2. The van der Waals surface area contributed by atoms with E-state index in [0.29, 0.717) is 0 Å². The Morgan fingerprint density at radius 1 is 1.15 bits per heavy atom. The largest absolute Gasteiger partial charge is 0.400 e. The van der Waals surface area contributed by atoms with Gasteiger partial charge in [0.05, 0.1) is 0 Å². The van der Waals surface area contributed by atoms with Crippen LogP contribution in [-0.4, -0.2) is 48.5 Å². The van der Waals surface area contributed by atoms with Crippen LogP contribution in [0.5, 0.6) is 0 Å². The number of likely N-dealkylation sites (tertiary alicyclic amines) is 1. The first-order valence-corrected chi connectivity index (χ1v) is 4.83. The van der Waals surface area contributed by atoms with Crippen LogP contribution in [0.2, 0.25) is 0 Å². The Balaban J connectivity index is 0. The van der Waals surface area contributed by atoms with Gasteiger partial charge in [-0.05, 0) is 32.7 Å². The van der Waals surface area contributed by atoms with Crippen molar-refractivity contribution in [1.29, 1.82) is 0 Å². The minimum absolute atomic E-state index is 0.759. The molecule has 1 unspecified atom stereocenters. The quantitative estimate of drug-likeness (QED) is 0.648. The predicted octanol–water partition coefficient (Wildman–Crippen LogP) is 0.954. The third kappa shape index (κ3) is 6.99. The van der Waals surface area contributed by atoms with Crippen molar-refractivity contribution in [2.75, 3.05) is 27.3 Å². The van der Waals surface area contributed by atoms with Gasteiger partial charge in [0.1, 0.15) is 0 Å². The van der Waals surface area contributed by atoms with Crippen molar-refractivity contribution in [3.05, 3.63) is 0 Å². The highest BCUT2D eigenvalue weighted by atomic mass is 16.2. The van der Waals surface area contributed by atoms with Crippen LogP contribution in [0.3, 0.4) is 0 Å². The van der Waals surface area contributed by atoms with Crippen molar-refractivity contribution in [2.24, 2.45) is 5.92 Å². The summed E-state index contributed by atoms with van der Waals surface area (Å²) >= 11 is 0. The van der Waals surface area contributed by atoms with E-state index in [4.69, 9.17) is 10.2 Å². The Bertz CT molecular complexity index is 96.9. The van der Waals surface area contributed by atoms with Crippen molar-refractivity contribution in [2.45, 2.75) is 33.2 Å². The van der Waals surface area contributed by atoms with Crippen LogP contribution in [0.1, 0.15) is 27.2 Å².